The van der Waals surface area contributed by atoms with E-state index in [-0.39, 0.29) is 25.9 Å². The van der Waals surface area contributed by atoms with Crippen LogP contribution in [0.15, 0.2) is 97.2 Å². The largest absolute Gasteiger partial charge is 0.472 e. The number of carbonyl (C=O) groups excluding carboxylic acids is 3. The normalized spacial score (nSPS) is 14.2. The van der Waals surface area contributed by atoms with Crippen LogP contribution in [0.4, 0.5) is 0 Å². The predicted molar refractivity (Wildman–Crippen MR) is 288 cm³/mol. The number of hydrogen-bond acceptors (Lipinski definition) is 10. The van der Waals surface area contributed by atoms with E-state index in [1.54, 1.807) is 0 Å². The summed E-state index contributed by atoms with van der Waals surface area (Å²) < 4.78 is 39.4. The van der Waals surface area contributed by atoms with E-state index in [4.69, 9.17) is 23.3 Å². The van der Waals surface area contributed by atoms with Gasteiger partial charge in [-0.15, -0.1) is 0 Å². The van der Waals surface area contributed by atoms with Crippen LogP contribution in [0.25, 0.3) is 0 Å². The molecule has 0 aliphatic rings. The molecule has 0 aliphatic heterocycles. The van der Waals surface area contributed by atoms with Gasteiger partial charge in [0.2, 0.25) is 0 Å². The van der Waals surface area contributed by atoms with Gasteiger partial charge in [0.15, 0.2) is 6.10 Å². The monoisotopic (exact) mass is 1000 g/mol. The van der Waals surface area contributed by atoms with Crippen LogP contribution in [0.5, 0.6) is 0 Å². The Balaban J connectivity index is 4.80. The third-order valence-corrected chi connectivity index (χ3v) is 11.9. The van der Waals surface area contributed by atoms with Crippen molar-refractivity contribution in [1.29, 1.82) is 0 Å². The third kappa shape index (κ3) is 49.4. The van der Waals surface area contributed by atoms with Gasteiger partial charge in [0.05, 0.1) is 19.8 Å². The number of ether oxygens (including phenoxy) is 3. The first-order valence-corrected chi connectivity index (χ1v) is 28.6. The lowest BCUT2D eigenvalue weighted by atomic mass is 10.1. The van der Waals surface area contributed by atoms with Crippen molar-refractivity contribution in [2.75, 3.05) is 26.4 Å². The minimum Gasteiger partial charge on any atom is -0.462 e. The number of rotatable bonds is 49. The van der Waals surface area contributed by atoms with E-state index in [1.165, 1.54) is 6.42 Å². The molecule has 0 amide bonds. The predicted octanol–water partition coefficient (Wildman–Crippen LogP) is 15.7. The van der Waals surface area contributed by atoms with Crippen LogP contribution in [0.3, 0.4) is 0 Å². The molecule has 3 atom stereocenters. The summed E-state index contributed by atoms with van der Waals surface area (Å²) in [7, 11) is -4.76. The standard InChI is InChI=1S/C58H97O11P/c1-4-7-10-13-16-19-22-25-26-27-28-31-34-37-40-43-46-49-58(62)69-55(51-65-56(60)47-44-41-38-35-32-29-23-20-17-14-11-8-5-2)53-67-70(63,64)66-52-54(50-59)68-57(61)48-45-42-39-36-33-30-24-21-18-15-12-9-6-3/h7-8,10-12,15-17,19-21,24-26,29,32,54-55,59H,4-6,9,13-14,18,22-23,27-28,30-31,33-53H2,1-3H3,(H,63,64)/b10-7-,11-8-,15-12-,19-16-,20-17-,24-21-,26-25-,32-29-. The molecule has 12 heteroatoms. The quantitative estimate of drug-likeness (QED) is 0.0197. The fourth-order valence-electron chi connectivity index (χ4n) is 6.89. The lowest BCUT2D eigenvalue weighted by molar-refractivity contribution is -0.161. The van der Waals surface area contributed by atoms with Crippen LogP contribution >= 0.6 is 7.82 Å². The van der Waals surface area contributed by atoms with Crippen LogP contribution in [-0.4, -0.2) is 66.5 Å². The fraction of sp³-hybridized carbons (Fsp3) is 0.672. The molecule has 2 N–H and O–H groups in total. The molecule has 0 aromatic heterocycles. The maximum Gasteiger partial charge on any atom is 0.472 e. The Kier molecular flexibility index (Phi) is 49.1. The SMILES string of the molecule is CC/C=C\C/C=C\C/C=C\CCCCCCCCCC(=O)OC(COC(=O)CCCCC/C=C\C/C=C\C/C=C\CC)COP(=O)(O)OCC(CO)OC(=O)CCCCCCC/C=C\C/C=C\CCC. The molecule has 0 spiro atoms. The third-order valence-electron chi connectivity index (χ3n) is 11.0. The summed E-state index contributed by atoms with van der Waals surface area (Å²) in [5, 5.41) is 9.79. The molecule has 0 fully saturated rings. The van der Waals surface area contributed by atoms with Crippen molar-refractivity contribution in [3.63, 3.8) is 0 Å². The molecular weight excluding hydrogens is 904 g/mol. The summed E-state index contributed by atoms with van der Waals surface area (Å²) in [4.78, 5) is 48.4. The van der Waals surface area contributed by atoms with Crippen molar-refractivity contribution in [3.05, 3.63) is 97.2 Å². The van der Waals surface area contributed by atoms with Crippen LogP contribution in [0.2, 0.25) is 0 Å². The molecule has 0 bridgehead atoms. The summed E-state index contributed by atoms with van der Waals surface area (Å²) >= 11 is 0. The highest BCUT2D eigenvalue weighted by molar-refractivity contribution is 7.47. The Morgan fingerprint density at radius 1 is 0.414 bits per heavy atom. The van der Waals surface area contributed by atoms with Gasteiger partial charge in [-0.2, -0.15) is 0 Å². The lowest BCUT2D eigenvalue weighted by Gasteiger charge is -2.21. The van der Waals surface area contributed by atoms with Gasteiger partial charge in [-0.05, 0) is 109 Å². The van der Waals surface area contributed by atoms with E-state index in [2.05, 4.69) is 118 Å². The second-order valence-electron chi connectivity index (χ2n) is 17.6. The zero-order valence-electron chi connectivity index (χ0n) is 43.9. The Morgan fingerprint density at radius 3 is 1.16 bits per heavy atom. The van der Waals surface area contributed by atoms with Gasteiger partial charge in [-0.3, -0.25) is 23.4 Å². The van der Waals surface area contributed by atoms with Gasteiger partial charge in [-0.1, -0.05) is 182 Å². The zero-order chi connectivity index (χ0) is 51.3. The van der Waals surface area contributed by atoms with Crippen molar-refractivity contribution in [3.8, 4) is 0 Å². The number of esters is 3. The molecular formula is C58H97O11P. The second kappa shape index (κ2) is 51.7. The maximum absolute atomic E-state index is 12.9. The van der Waals surface area contributed by atoms with E-state index in [1.807, 2.05) is 0 Å². The van der Waals surface area contributed by atoms with E-state index >= 15 is 0 Å². The molecule has 0 aromatic rings. The molecule has 0 rings (SSSR count). The molecule has 0 aromatic carbocycles. The number of phosphoric acid groups is 1. The van der Waals surface area contributed by atoms with Gasteiger partial charge in [0.25, 0.3) is 0 Å². The van der Waals surface area contributed by atoms with Gasteiger partial charge in [0.1, 0.15) is 12.7 Å². The number of carbonyl (C=O) groups is 3. The first-order chi connectivity index (χ1) is 34.2. The minimum atomic E-state index is -4.76. The van der Waals surface area contributed by atoms with Crippen LogP contribution in [-0.2, 0) is 42.2 Å². The van der Waals surface area contributed by atoms with Crippen LogP contribution in [0, 0.1) is 0 Å². The molecule has 70 heavy (non-hydrogen) atoms. The Labute approximate surface area is 425 Å². The summed E-state index contributed by atoms with van der Waals surface area (Å²) in [6.45, 7) is 4.27. The summed E-state index contributed by atoms with van der Waals surface area (Å²) in [6, 6.07) is 0. The summed E-state index contributed by atoms with van der Waals surface area (Å²) in [5.41, 5.74) is 0. The van der Waals surface area contributed by atoms with E-state index in [0.29, 0.717) is 19.3 Å². The molecule has 0 heterocycles. The molecule has 400 valence electrons. The van der Waals surface area contributed by atoms with Gasteiger partial charge in [0, 0.05) is 19.3 Å². The highest BCUT2D eigenvalue weighted by atomic mass is 31.2. The molecule has 0 aliphatic carbocycles. The number of aliphatic hydroxyl groups is 1. The second-order valence-corrected chi connectivity index (χ2v) is 19.1. The van der Waals surface area contributed by atoms with Crippen LogP contribution in [0.1, 0.15) is 213 Å². The zero-order valence-corrected chi connectivity index (χ0v) is 44.8. The van der Waals surface area contributed by atoms with Crippen molar-refractivity contribution in [2.24, 2.45) is 0 Å². The molecule has 3 unspecified atom stereocenters. The highest BCUT2D eigenvalue weighted by Crippen LogP contribution is 2.43. The maximum atomic E-state index is 12.9. The van der Waals surface area contributed by atoms with Crippen molar-refractivity contribution < 1.29 is 52.2 Å². The summed E-state index contributed by atoms with van der Waals surface area (Å²) in [5.74, 6) is -1.53. The van der Waals surface area contributed by atoms with Crippen molar-refractivity contribution >= 4 is 25.7 Å². The average Bonchev–Trinajstić information content (AvgIpc) is 3.35. The van der Waals surface area contributed by atoms with Crippen molar-refractivity contribution in [1.82, 2.24) is 0 Å². The fourth-order valence-corrected chi connectivity index (χ4v) is 7.68. The van der Waals surface area contributed by atoms with Gasteiger partial charge in [-0.25, -0.2) is 4.57 Å². The molecule has 0 saturated carbocycles. The topological polar surface area (TPSA) is 155 Å². The van der Waals surface area contributed by atoms with Crippen molar-refractivity contribution in [2.45, 2.75) is 226 Å². The van der Waals surface area contributed by atoms with E-state index in [0.717, 1.165) is 148 Å². The Bertz CT molecular complexity index is 1540. The average molecular weight is 1000 g/mol. The number of unbranched alkanes of at least 4 members (excludes halogenated alkanes) is 16. The smallest absolute Gasteiger partial charge is 0.462 e. The molecule has 0 saturated heterocycles. The van der Waals surface area contributed by atoms with Gasteiger partial charge < -0.3 is 24.2 Å². The minimum absolute atomic E-state index is 0.144. The highest BCUT2D eigenvalue weighted by Gasteiger charge is 2.28. The van der Waals surface area contributed by atoms with Gasteiger partial charge >= 0.3 is 25.7 Å². The summed E-state index contributed by atoms with van der Waals surface area (Å²) in [6.07, 6.45) is 59.4. The number of phosphoric ester groups is 1. The van der Waals surface area contributed by atoms with Crippen LogP contribution < -0.4 is 0 Å². The van der Waals surface area contributed by atoms with E-state index < -0.39 is 57.8 Å². The Morgan fingerprint density at radius 2 is 0.743 bits per heavy atom. The number of hydrogen-bond donors (Lipinski definition) is 2. The molecule has 11 nitrogen and oxygen atoms in total. The lowest BCUT2D eigenvalue weighted by Crippen LogP contribution is -2.30. The number of aliphatic hydroxyl groups excluding tert-OH is 1. The first-order valence-electron chi connectivity index (χ1n) is 27.1. The van der Waals surface area contributed by atoms with E-state index in [9.17, 15) is 28.9 Å². The molecule has 0 radical (unpaired) electrons. The Hall–Kier alpha value is -3.60. The first kappa shape index (κ1) is 66.4. The number of allylic oxidation sites excluding steroid dienone is 16.